The Kier molecular flexibility index (Phi) is 4.44. The van der Waals surface area contributed by atoms with E-state index in [4.69, 9.17) is 0 Å². The quantitative estimate of drug-likeness (QED) is 0.710. The van der Waals surface area contributed by atoms with E-state index in [2.05, 4.69) is 15.3 Å². The minimum absolute atomic E-state index is 0.0546. The number of thiazole rings is 2. The lowest BCUT2D eigenvalue weighted by Gasteiger charge is -2.25. The smallest absolute Gasteiger partial charge is 0.273 e. The van der Waals surface area contributed by atoms with Crippen molar-refractivity contribution in [3.05, 3.63) is 52.0 Å². The highest BCUT2D eigenvalue weighted by atomic mass is 32.1. The van der Waals surface area contributed by atoms with Gasteiger partial charge in [0.05, 0.1) is 12.2 Å². The summed E-state index contributed by atoms with van der Waals surface area (Å²) in [5.74, 6) is 0.165. The minimum atomic E-state index is -0.0546. The summed E-state index contributed by atoms with van der Waals surface area (Å²) in [6, 6.07) is 9.89. The second kappa shape index (κ2) is 7.10. The predicted molar refractivity (Wildman–Crippen MR) is 109 cm³/mol. The molecule has 3 aromatic rings. The van der Waals surface area contributed by atoms with Gasteiger partial charge in [-0.05, 0) is 12.8 Å². The summed E-state index contributed by atoms with van der Waals surface area (Å²) < 4.78 is 0. The van der Waals surface area contributed by atoms with Gasteiger partial charge >= 0.3 is 0 Å². The summed E-state index contributed by atoms with van der Waals surface area (Å²) in [6.07, 6.45) is 2.64. The zero-order valence-corrected chi connectivity index (χ0v) is 16.7. The SMILES string of the molecule is O=C(Nc1nc2c(s1)CN(C(=O)c1csc(-c3ccccc3)n1)CC2)C1CC1. The van der Waals surface area contributed by atoms with Crippen molar-refractivity contribution >= 4 is 39.6 Å². The fraction of sp³-hybridized carbons (Fsp3) is 0.300. The van der Waals surface area contributed by atoms with E-state index in [9.17, 15) is 9.59 Å². The van der Waals surface area contributed by atoms with E-state index >= 15 is 0 Å². The molecule has 0 bridgehead atoms. The van der Waals surface area contributed by atoms with Crippen molar-refractivity contribution in [2.45, 2.75) is 25.8 Å². The highest BCUT2D eigenvalue weighted by Crippen LogP contribution is 2.33. The molecule has 2 amide bonds. The Morgan fingerprint density at radius 1 is 1.14 bits per heavy atom. The number of nitrogens with one attached hydrogen (secondary N) is 1. The lowest BCUT2D eigenvalue weighted by atomic mass is 10.1. The zero-order chi connectivity index (χ0) is 19.1. The number of carbonyl (C=O) groups is 2. The van der Waals surface area contributed by atoms with E-state index in [1.54, 1.807) is 0 Å². The van der Waals surface area contributed by atoms with Crippen LogP contribution in [-0.4, -0.2) is 33.2 Å². The normalized spacial score (nSPS) is 15.9. The van der Waals surface area contributed by atoms with E-state index in [1.807, 2.05) is 40.6 Å². The van der Waals surface area contributed by atoms with Gasteiger partial charge < -0.3 is 10.2 Å². The van der Waals surface area contributed by atoms with Crippen molar-refractivity contribution in [1.82, 2.24) is 14.9 Å². The zero-order valence-electron chi connectivity index (χ0n) is 15.1. The van der Waals surface area contributed by atoms with Crippen molar-refractivity contribution < 1.29 is 9.59 Å². The molecule has 0 radical (unpaired) electrons. The third kappa shape index (κ3) is 3.45. The van der Waals surface area contributed by atoms with Crippen LogP contribution in [0.15, 0.2) is 35.7 Å². The number of fused-ring (bicyclic) bond motifs is 1. The lowest BCUT2D eigenvalue weighted by Crippen LogP contribution is -2.35. The largest absolute Gasteiger partial charge is 0.332 e. The van der Waals surface area contributed by atoms with Crippen LogP contribution in [0.5, 0.6) is 0 Å². The first-order valence-corrected chi connectivity index (χ1v) is 11.0. The molecular formula is C20H18N4O2S2. The van der Waals surface area contributed by atoms with Crippen LogP contribution in [0.25, 0.3) is 10.6 Å². The summed E-state index contributed by atoms with van der Waals surface area (Å²) in [6.45, 7) is 1.13. The van der Waals surface area contributed by atoms with Gasteiger partial charge in [0.15, 0.2) is 5.13 Å². The highest BCUT2D eigenvalue weighted by molar-refractivity contribution is 7.16. The second-order valence-corrected chi connectivity index (χ2v) is 8.97. The summed E-state index contributed by atoms with van der Waals surface area (Å²) in [5, 5.41) is 6.24. The Bertz CT molecular complexity index is 1040. The van der Waals surface area contributed by atoms with Gasteiger partial charge in [0, 0.05) is 34.7 Å². The third-order valence-corrected chi connectivity index (χ3v) is 6.83. The second-order valence-electron chi connectivity index (χ2n) is 7.03. The van der Waals surface area contributed by atoms with Gasteiger partial charge in [0.1, 0.15) is 10.7 Å². The van der Waals surface area contributed by atoms with Gasteiger partial charge in [0.2, 0.25) is 5.91 Å². The van der Waals surface area contributed by atoms with Crippen LogP contribution in [0.1, 0.15) is 33.9 Å². The average Bonchev–Trinajstić information content (AvgIpc) is 3.32. The van der Waals surface area contributed by atoms with E-state index in [0.29, 0.717) is 30.3 Å². The van der Waals surface area contributed by atoms with Crippen molar-refractivity contribution in [2.75, 3.05) is 11.9 Å². The molecule has 6 nitrogen and oxygen atoms in total. The van der Waals surface area contributed by atoms with E-state index in [0.717, 1.165) is 34.0 Å². The topological polar surface area (TPSA) is 75.2 Å². The summed E-state index contributed by atoms with van der Waals surface area (Å²) >= 11 is 2.96. The van der Waals surface area contributed by atoms with Crippen LogP contribution in [0.2, 0.25) is 0 Å². The molecule has 0 saturated heterocycles. The Labute approximate surface area is 170 Å². The van der Waals surface area contributed by atoms with Crippen molar-refractivity contribution in [3.63, 3.8) is 0 Å². The molecule has 1 aliphatic carbocycles. The minimum Gasteiger partial charge on any atom is -0.332 e. The van der Waals surface area contributed by atoms with E-state index in [-0.39, 0.29) is 17.7 Å². The number of hydrogen-bond acceptors (Lipinski definition) is 6. The monoisotopic (exact) mass is 410 g/mol. The number of aromatic nitrogens is 2. The summed E-state index contributed by atoms with van der Waals surface area (Å²) in [5.41, 5.74) is 2.49. The first kappa shape index (κ1) is 17.5. The van der Waals surface area contributed by atoms with Crippen LogP contribution in [0, 0.1) is 5.92 Å². The number of nitrogens with zero attached hydrogens (tertiary/aromatic N) is 3. The van der Waals surface area contributed by atoms with Gasteiger partial charge in [-0.2, -0.15) is 0 Å². The van der Waals surface area contributed by atoms with Crippen LogP contribution in [0.4, 0.5) is 5.13 Å². The van der Waals surface area contributed by atoms with Gasteiger partial charge in [0.25, 0.3) is 5.91 Å². The molecule has 1 saturated carbocycles. The average molecular weight is 411 g/mol. The fourth-order valence-electron chi connectivity index (χ4n) is 3.22. The van der Waals surface area contributed by atoms with Crippen LogP contribution in [-0.2, 0) is 17.8 Å². The van der Waals surface area contributed by atoms with E-state index < -0.39 is 0 Å². The van der Waals surface area contributed by atoms with E-state index in [1.165, 1.54) is 22.7 Å². The summed E-state index contributed by atoms with van der Waals surface area (Å²) in [7, 11) is 0. The summed E-state index contributed by atoms with van der Waals surface area (Å²) in [4.78, 5) is 36.8. The molecule has 2 aliphatic rings. The first-order valence-electron chi connectivity index (χ1n) is 9.27. The van der Waals surface area contributed by atoms with Crippen molar-refractivity contribution in [3.8, 4) is 10.6 Å². The third-order valence-electron chi connectivity index (χ3n) is 4.94. The maximum Gasteiger partial charge on any atom is 0.273 e. The molecule has 0 atom stereocenters. The molecule has 0 spiro atoms. The molecule has 5 rings (SSSR count). The number of hydrogen-bond donors (Lipinski definition) is 1. The molecule has 142 valence electrons. The number of anilines is 1. The number of carbonyl (C=O) groups excluding carboxylic acids is 2. The Morgan fingerprint density at radius 2 is 1.96 bits per heavy atom. The molecule has 3 heterocycles. The molecule has 28 heavy (non-hydrogen) atoms. The molecule has 1 aliphatic heterocycles. The van der Waals surface area contributed by atoms with Crippen LogP contribution in [0.3, 0.4) is 0 Å². The molecular weight excluding hydrogens is 392 g/mol. The Morgan fingerprint density at radius 3 is 2.75 bits per heavy atom. The van der Waals surface area contributed by atoms with Gasteiger partial charge in [-0.1, -0.05) is 41.7 Å². The maximum atomic E-state index is 12.9. The molecule has 0 unspecified atom stereocenters. The predicted octanol–water partition coefficient (Wildman–Crippen LogP) is 3.81. The maximum absolute atomic E-state index is 12.9. The number of rotatable bonds is 4. The van der Waals surface area contributed by atoms with Gasteiger partial charge in [-0.25, -0.2) is 9.97 Å². The first-order chi connectivity index (χ1) is 13.7. The van der Waals surface area contributed by atoms with Crippen molar-refractivity contribution in [1.29, 1.82) is 0 Å². The van der Waals surface area contributed by atoms with Gasteiger partial charge in [-0.3, -0.25) is 9.59 Å². The Hall–Kier alpha value is -2.58. The van der Waals surface area contributed by atoms with Gasteiger partial charge in [-0.15, -0.1) is 11.3 Å². The standard InChI is InChI=1S/C20H18N4O2S2/c25-17(12-6-7-12)23-20-22-14-8-9-24(10-16(14)28-20)19(26)15-11-27-18(21-15)13-4-2-1-3-5-13/h1-5,11-12H,6-10H2,(H,22,23,25). The lowest BCUT2D eigenvalue weighted by molar-refractivity contribution is -0.117. The number of benzene rings is 1. The van der Waals surface area contributed by atoms with Crippen LogP contribution >= 0.6 is 22.7 Å². The molecule has 1 aromatic carbocycles. The molecule has 8 heteroatoms. The number of amides is 2. The fourth-order valence-corrected chi connectivity index (χ4v) is 5.05. The Balaban J connectivity index is 1.29. The van der Waals surface area contributed by atoms with Crippen molar-refractivity contribution in [2.24, 2.45) is 5.92 Å². The van der Waals surface area contributed by atoms with Crippen LogP contribution < -0.4 is 5.32 Å². The molecule has 2 aromatic heterocycles. The molecule has 1 fully saturated rings. The highest BCUT2D eigenvalue weighted by Gasteiger charge is 2.31. The molecule has 1 N–H and O–H groups in total.